The van der Waals surface area contributed by atoms with Crippen molar-refractivity contribution in [3.05, 3.63) is 170 Å². The van der Waals surface area contributed by atoms with Gasteiger partial charge >= 0.3 is 0 Å². The van der Waals surface area contributed by atoms with E-state index in [0.29, 0.717) is 5.82 Å². The maximum atomic E-state index is 5.27. The van der Waals surface area contributed by atoms with Crippen molar-refractivity contribution in [2.45, 2.75) is 0 Å². The maximum absolute atomic E-state index is 5.27. The van der Waals surface area contributed by atoms with Crippen LogP contribution in [0.4, 0.5) is 17.1 Å². The van der Waals surface area contributed by atoms with E-state index in [1.807, 2.05) is 42.5 Å². The van der Waals surface area contributed by atoms with Crippen molar-refractivity contribution in [3.8, 4) is 56.4 Å². The van der Waals surface area contributed by atoms with Gasteiger partial charge in [0.1, 0.15) is 0 Å². The van der Waals surface area contributed by atoms with Crippen molar-refractivity contribution in [2.75, 3.05) is 4.90 Å². The number of benzene rings is 6. The smallest absolute Gasteiger partial charge is 0.160 e. The highest BCUT2D eigenvalue weighted by Crippen LogP contribution is 2.51. The fourth-order valence-corrected chi connectivity index (χ4v) is 6.58. The molecule has 9 rings (SSSR count). The maximum Gasteiger partial charge on any atom is 0.160 e. The largest absolute Gasteiger partial charge is 0.309 e. The third kappa shape index (κ3) is 4.75. The molecule has 1 aliphatic rings. The van der Waals surface area contributed by atoms with Crippen molar-refractivity contribution in [2.24, 2.45) is 0 Å². The molecule has 0 bridgehead atoms. The predicted octanol–water partition coefficient (Wildman–Crippen LogP) is 11.1. The Bertz CT molecular complexity index is 2350. The molecule has 0 radical (unpaired) electrons. The Labute approximate surface area is 273 Å². The zero-order valence-electron chi connectivity index (χ0n) is 25.5. The van der Waals surface area contributed by atoms with Crippen LogP contribution < -0.4 is 4.90 Å². The first-order valence-electron chi connectivity index (χ1n) is 15.8. The molecule has 0 aliphatic carbocycles. The molecular formula is C43H28N4. The van der Waals surface area contributed by atoms with Gasteiger partial charge in [-0.3, -0.25) is 0 Å². The van der Waals surface area contributed by atoms with Crippen LogP contribution in [0.3, 0.4) is 0 Å². The predicted molar refractivity (Wildman–Crippen MR) is 193 cm³/mol. The molecule has 2 aromatic heterocycles. The van der Waals surface area contributed by atoms with Gasteiger partial charge in [-0.1, -0.05) is 133 Å². The van der Waals surface area contributed by atoms with Crippen LogP contribution in [-0.4, -0.2) is 15.0 Å². The highest BCUT2D eigenvalue weighted by Gasteiger charge is 2.27. The Kier molecular flexibility index (Phi) is 6.43. The third-order valence-corrected chi connectivity index (χ3v) is 8.77. The summed E-state index contributed by atoms with van der Waals surface area (Å²) in [4.78, 5) is 17.8. The number of anilines is 3. The standard InChI is InChI=1S/C43H28N4/c1-4-14-29(15-5-1)36-27-32-20-13-25-40-41(32)42(44-36)35-23-10-11-24-39(35)47(40)34-22-12-21-33(26-34)43-45-37(30-16-6-2-7-17-30)28-38(46-43)31-18-8-3-9-19-31/h1-28H. The van der Waals surface area contributed by atoms with Crippen LogP contribution in [0.15, 0.2) is 170 Å². The molecule has 0 fully saturated rings. The third-order valence-electron chi connectivity index (χ3n) is 8.77. The number of hydrogen-bond donors (Lipinski definition) is 0. The van der Waals surface area contributed by atoms with E-state index in [4.69, 9.17) is 15.0 Å². The topological polar surface area (TPSA) is 41.9 Å². The summed E-state index contributed by atoms with van der Waals surface area (Å²) < 4.78 is 0. The van der Waals surface area contributed by atoms with Gasteiger partial charge in [-0.15, -0.1) is 0 Å². The van der Waals surface area contributed by atoms with Gasteiger partial charge in [-0.05, 0) is 41.8 Å². The minimum atomic E-state index is 0.685. The molecule has 0 amide bonds. The van der Waals surface area contributed by atoms with E-state index in [1.54, 1.807) is 0 Å². The molecular weight excluding hydrogens is 573 g/mol. The molecule has 8 aromatic rings. The van der Waals surface area contributed by atoms with Crippen molar-refractivity contribution in [1.29, 1.82) is 0 Å². The van der Waals surface area contributed by atoms with E-state index in [2.05, 4.69) is 132 Å². The SMILES string of the molecule is c1ccc(-c2cc(-c3ccccc3)nc(-c3cccc(N4c5ccccc5-c5nc(-c6ccccc6)cc6cccc4c56)c3)n2)cc1. The van der Waals surface area contributed by atoms with Crippen LogP contribution in [0.1, 0.15) is 0 Å². The van der Waals surface area contributed by atoms with Gasteiger partial charge in [0, 0.05) is 38.9 Å². The van der Waals surface area contributed by atoms with Gasteiger partial charge < -0.3 is 4.90 Å². The summed E-state index contributed by atoms with van der Waals surface area (Å²) in [5.41, 5.74) is 12.3. The Morgan fingerprint density at radius 1 is 0.383 bits per heavy atom. The molecule has 47 heavy (non-hydrogen) atoms. The first-order chi connectivity index (χ1) is 23.3. The highest BCUT2D eigenvalue weighted by atomic mass is 15.2. The van der Waals surface area contributed by atoms with E-state index in [0.717, 1.165) is 78.4 Å². The van der Waals surface area contributed by atoms with Gasteiger partial charge in [0.15, 0.2) is 5.82 Å². The molecule has 0 N–H and O–H groups in total. The molecule has 4 nitrogen and oxygen atoms in total. The molecule has 0 saturated heterocycles. The quantitative estimate of drug-likeness (QED) is 0.197. The summed E-state index contributed by atoms with van der Waals surface area (Å²) in [6.45, 7) is 0. The van der Waals surface area contributed by atoms with Gasteiger partial charge in [0.25, 0.3) is 0 Å². The van der Waals surface area contributed by atoms with Crippen LogP contribution in [-0.2, 0) is 0 Å². The van der Waals surface area contributed by atoms with Crippen LogP contribution in [0.25, 0.3) is 67.2 Å². The summed E-state index contributed by atoms with van der Waals surface area (Å²) in [7, 11) is 0. The molecule has 0 spiro atoms. The van der Waals surface area contributed by atoms with Crippen molar-refractivity contribution in [1.82, 2.24) is 15.0 Å². The average Bonchev–Trinajstić information content (AvgIpc) is 3.16. The minimum Gasteiger partial charge on any atom is -0.309 e. The monoisotopic (exact) mass is 600 g/mol. The number of rotatable bonds is 5. The van der Waals surface area contributed by atoms with E-state index in [9.17, 15) is 0 Å². The molecule has 6 aromatic carbocycles. The zero-order chi connectivity index (χ0) is 31.2. The number of hydrogen-bond acceptors (Lipinski definition) is 4. The van der Waals surface area contributed by atoms with E-state index in [-0.39, 0.29) is 0 Å². The second-order valence-corrected chi connectivity index (χ2v) is 11.7. The molecule has 0 atom stereocenters. The molecule has 0 saturated carbocycles. The number of para-hydroxylation sites is 1. The number of aromatic nitrogens is 3. The second-order valence-electron chi connectivity index (χ2n) is 11.7. The average molecular weight is 601 g/mol. The number of pyridine rings is 1. The van der Waals surface area contributed by atoms with Crippen molar-refractivity contribution >= 4 is 27.8 Å². The van der Waals surface area contributed by atoms with Crippen molar-refractivity contribution in [3.63, 3.8) is 0 Å². The molecule has 1 aliphatic heterocycles. The minimum absolute atomic E-state index is 0.685. The summed E-state index contributed by atoms with van der Waals surface area (Å²) in [6, 6.07) is 58.9. The Morgan fingerprint density at radius 2 is 0.915 bits per heavy atom. The second kappa shape index (κ2) is 11.2. The Balaban J connectivity index is 1.22. The van der Waals surface area contributed by atoms with Gasteiger partial charge in [0.2, 0.25) is 0 Å². The highest BCUT2D eigenvalue weighted by molar-refractivity contribution is 6.13. The van der Waals surface area contributed by atoms with Gasteiger partial charge in [-0.25, -0.2) is 15.0 Å². The molecule has 3 heterocycles. The fraction of sp³-hybridized carbons (Fsp3) is 0. The Morgan fingerprint density at radius 3 is 1.57 bits per heavy atom. The van der Waals surface area contributed by atoms with Crippen LogP contribution in [0.2, 0.25) is 0 Å². The van der Waals surface area contributed by atoms with Crippen molar-refractivity contribution < 1.29 is 0 Å². The lowest BCUT2D eigenvalue weighted by atomic mass is 9.93. The molecule has 4 heteroatoms. The van der Waals surface area contributed by atoms with Gasteiger partial charge in [-0.2, -0.15) is 0 Å². The lowest BCUT2D eigenvalue weighted by molar-refractivity contribution is 1.18. The van der Waals surface area contributed by atoms with E-state index in [1.165, 1.54) is 0 Å². The molecule has 220 valence electrons. The first kappa shape index (κ1) is 27.0. The summed E-state index contributed by atoms with van der Waals surface area (Å²) in [5.74, 6) is 0.685. The zero-order valence-corrected chi connectivity index (χ0v) is 25.5. The first-order valence-corrected chi connectivity index (χ1v) is 15.8. The molecule has 0 unspecified atom stereocenters. The Hall–Kier alpha value is -6.39. The van der Waals surface area contributed by atoms with E-state index >= 15 is 0 Å². The summed E-state index contributed by atoms with van der Waals surface area (Å²) in [6.07, 6.45) is 0. The number of fused-ring (bicyclic) bond motifs is 2. The number of nitrogens with zero attached hydrogens (tertiary/aromatic N) is 4. The lowest BCUT2D eigenvalue weighted by Gasteiger charge is -2.33. The lowest BCUT2D eigenvalue weighted by Crippen LogP contribution is -2.15. The van der Waals surface area contributed by atoms with Crippen LogP contribution in [0.5, 0.6) is 0 Å². The van der Waals surface area contributed by atoms with E-state index < -0.39 is 0 Å². The normalized spacial score (nSPS) is 11.8. The van der Waals surface area contributed by atoms with Gasteiger partial charge in [0.05, 0.1) is 34.2 Å². The van der Waals surface area contributed by atoms with Crippen LogP contribution >= 0.6 is 0 Å². The summed E-state index contributed by atoms with van der Waals surface area (Å²) in [5, 5.41) is 2.30. The van der Waals surface area contributed by atoms with Crippen LogP contribution in [0, 0.1) is 0 Å². The fourth-order valence-electron chi connectivity index (χ4n) is 6.58. The summed E-state index contributed by atoms with van der Waals surface area (Å²) >= 11 is 0.